The highest BCUT2D eigenvalue weighted by Crippen LogP contribution is 2.32. The Bertz CT molecular complexity index is 396. The molecule has 0 unspecified atom stereocenters. The summed E-state index contributed by atoms with van der Waals surface area (Å²) in [6, 6.07) is 0. The number of ether oxygens (including phenoxy) is 1. The molecule has 0 radical (unpaired) electrons. The van der Waals surface area contributed by atoms with E-state index in [1.807, 2.05) is 25.2 Å². The molecule has 0 saturated heterocycles. The van der Waals surface area contributed by atoms with Crippen molar-refractivity contribution in [3.8, 4) is 0 Å². The largest absolute Gasteiger partial charge is 0.478 e. The maximum atomic E-state index is 6.01. The lowest BCUT2D eigenvalue weighted by Crippen LogP contribution is -2.26. The molecule has 118 valence electrons. The van der Waals surface area contributed by atoms with Gasteiger partial charge >= 0.3 is 0 Å². The van der Waals surface area contributed by atoms with E-state index in [1.54, 1.807) is 6.08 Å². The third-order valence-corrected chi connectivity index (χ3v) is 4.04. The molecule has 0 bridgehead atoms. The molecule has 2 nitrogen and oxygen atoms in total. The average molecular weight is 289 g/mol. The van der Waals surface area contributed by atoms with Gasteiger partial charge in [-0.25, -0.2) is 4.99 Å². The first-order valence-electron chi connectivity index (χ1n) is 8.31. The van der Waals surface area contributed by atoms with E-state index in [2.05, 4.69) is 27.4 Å². The third kappa shape index (κ3) is 6.33. The van der Waals surface area contributed by atoms with Crippen LogP contribution in [0.3, 0.4) is 0 Å². The fourth-order valence-corrected chi connectivity index (χ4v) is 2.75. The van der Waals surface area contributed by atoms with Crippen LogP contribution in [0.5, 0.6) is 0 Å². The monoisotopic (exact) mass is 289 g/mol. The van der Waals surface area contributed by atoms with Crippen LogP contribution in [0.15, 0.2) is 41.6 Å². The second-order valence-electron chi connectivity index (χ2n) is 6.06. The zero-order chi connectivity index (χ0) is 15.7. The predicted octanol–water partition coefficient (Wildman–Crippen LogP) is 5.67. The average Bonchev–Trinajstić information content (AvgIpc) is 2.50. The Morgan fingerprint density at radius 2 is 1.95 bits per heavy atom. The summed E-state index contributed by atoms with van der Waals surface area (Å²) in [4.78, 5) is 4.73. The first-order chi connectivity index (χ1) is 10.1. The van der Waals surface area contributed by atoms with Crippen LogP contribution in [0.1, 0.15) is 59.8 Å². The minimum absolute atomic E-state index is 0.167. The molecule has 1 saturated carbocycles. The molecule has 21 heavy (non-hydrogen) atoms. The highest BCUT2D eigenvalue weighted by molar-refractivity contribution is 5.80. The number of aliphatic imine (C=N–C) groups is 1. The van der Waals surface area contributed by atoms with Gasteiger partial charge in [0.2, 0.25) is 0 Å². The second kappa shape index (κ2) is 9.59. The fraction of sp³-hybridized carbons (Fsp3) is 0.632. The summed E-state index contributed by atoms with van der Waals surface area (Å²) >= 11 is 0. The maximum Gasteiger partial charge on any atom is 0.191 e. The lowest BCUT2D eigenvalue weighted by atomic mass is 9.80. The summed E-state index contributed by atoms with van der Waals surface area (Å²) in [5.41, 5.74) is 0.876. The van der Waals surface area contributed by atoms with Crippen LogP contribution in [0.4, 0.5) is 0 Å². The van der Waals surface area contributed by atoms with Gasteiger partial charge in [0.1, 0.15) is 0 Å². The third-order valence-electron chi connectivity index (χ3n) is 4.04. The summed E-state index contributed by atoms with van der Waals surface area (Å²) < 4.78 is 6.01. The zero-order valence-corrected chi connectivity index (χ0v) is 14.1. The van der Waals surface area contributed by atoms with E-state index in [-0.39, 0.29) is 6.10 Å². The van der Waals surface area contributed by atoms with Gasteiger partial charge in [-0.3, -0.25) is 0 Å². The Morgan fingerprint density at radius 1 is 1.29 bits per heavy atom. The molecule has 0 spiro atoms. The number of nitrogens with zero attached hydrogens (tertiary/aromatic N) is 1. The predicted molar refractivity (Wildman–Crippen MR) is 92.5 cm³/mol. The highest BCUT2D eigenvalue weighted by atomic mass is 16.5. The van der Waals surface area contributed by atoms with Crippen LogP contribution in [0.25, 0.3) is 0 Å². The van der Waals surface area contributed by atoms with Crippen LogP contribution in [0, 0.1) is 11.8 Å². The standard InChI is InChI=1S/C19H31NO/c1-6-9-10-18(8-3)20-19(21-15(4)5)17-13-11-16(7-2)12-14-17/h6,8-10,15-17H,3,7,11-14H2,1-2,4-5H3/b9-6-,18-10+,20-19?. The van der Waals surface area contributed by atoms with Gasteiger partial charge in [0, 0.05) is 5.92 Å². The molecule has 0 atom stereocenters. The van der Waals surface area contributed by atoms with Gasteiger partial charge in [-0.2, -0.15) is 0 Å². The molecule has 0 aromatic carbocycles. The van der Waals surface area contributed by atoms with E-state index in [9.17, 15) is 0 Å². The molecule has 0 aliphatic heterocycles. The van der Waals surface area contributed by atoms with E-state index in [0.29, 0.717) is 5.92 Å². The van der Waals surface area contributed by atoms with Gasteiger partial charge in [-0.1, -0.05) is 32.1 Å². The Hall–Kier alpha value is -1.31. The van der Waals surface area contributed by atoms with Crippen LogP contribution < -0.4 is 0 Å². The lowest BCUT2D eigenvalue weighted by molar-refractivity contribution is 0.192. The van der Waals surface area contributed by atoms with Crippen molar-refractivity contribution in [1.29, 1.82) is 0 Å². The van der Waals surface area contributed by atoms with Crippen molar-refractivity contribution in [3.05, 3.63) is 36.6 Å². The molecule has 0 aromatic rings. The fourth-order valence-electron chi connectivity index (χ4n) is 2.75. The molecule has 1 aliphatic carbocycles. The highest BCUT2D eigenvalue weighted by Gasteiger charge is 2.25. The van der Waals surface area contributed by atoms with Crippen molar-refractivity contribution >= 4 is 5.90 Å². The van der Waals surface area contributed by atoms with Crippen molar-refractivity contribution in [3.63, 3.8) is 0 Å². The Morgan fingerprint density at radius 3 is 2.43 bits per heavy atom. The smallest absolute Gasteiger partial charge is 0.191 e. The summed E-state index contributed by atoms with van der Waals surface area (Å²) in [6.07, 6.45) is 14.2. The molecule has 2 heteroatoms. The SMILES string of the molecule is C=C/C(=C\C=C/C)N=C(OC(C)C)C1CCC(CC)CC1. The number of hydrogen-bond donors (Lipinski definition) is 0. The van der Waals surface area contributed by atoms with Gasteiger partial charge in [0.05, 0.1) is 11.8 Å². The van der Waals surface area contributed by atoms with E-state index in [0.717, 1.165) is 17.5 Å². The molecule has 0 aromatic heterocycles. The van der Waals surface area contributed by atoms with Crippen molar-refractivity contribution in [2.45, 2.75) is 65.9 Å². The number of hydrogen-bond acceptors (Lipinski definition) is 2. The van der Waals surface area contributed by atoms with E-state index in [1.165, 1.54) is 32.1 Å². The zero-order valence-electron chi connectivity index (χ0n) is 14.1. The van der Waals surface area contributed by atoms with E-state index in [4.69, 9.17) is 9.73 Å². The van der Waals surface area contributed by atoms with E-state index >= 15 is 0 Å². The van der Waals surface area contributed by atoms with Crippen LogP contribution >= 0.6 is 0 Å². The molecule has 0 amide bonds. The van der Waals surface area contributed by atoms with Gasteiger partial charge < -0.3 is 4.74 Å². The van der Waals surface area contributed by atoms with Crippen molar-refractivity contribution in [1.82, 2.24) is 0 Å². The molecule has 0 heterocycles. The Kier molecular flexibility index (Phi) is 8.11. The van der Waals surface area contributed by atoms with Crippen molar-refractivity contribution < 1.29 is 4.74 Å². The van der Waals surface area contributed by atoms with E-state index < -0.39 is 0 Å². The van der Waals surface area contributed by atoms with Gasteiger partial charge in [0.15, 0.2) is 5.90 Å². The summed E-state index contributed by atoms with van der Waals surface area (Å²) in [5.74, 6) is 2.25. The van der Waals surface area contributed by atoms with Crippen molar-refractivity contribution in [2.24, 2.45) is 16.8 Å². The first kappa shape index (κ1) is 17.7. The normalized spacial score (nSPS) is 24.6. The van der Waals surface area contributed by atoms with Crippen LogP contribution in [0.2, 0.25) is 0 Å². The summed E-state index contributed by atoms with van der Waals surface area (Å²) in [5, 5.41) is 0. The summed E-state index contributed by atoms with van der Waals surface area (Å²) in [6.45, 7) is 12.3. The van der Waals surface area contributed by atoms with Crippen molar-refractivity contribution in [2.75, 3.05) is 0 Å². The Balaban J connectivity index is 2.87. The molecular weight excluding hydrogens is 258 g/mol. The van der Waals surface area contributed by atoms with Gasteiger partial charge in [0.25, 0.3) is 0 Å². The van der Waals surface area contributed by atoms with Crippen LogP contribution in [-0.2, 0) is 4.74 Å². The van der Waals surface area contributed by atoms with Gasteiger partial charge in [-0.05, 0) is 64.5 Å². The maximum absolute atomic E-state index is 6.01. The molecule has 1 rings (SSSR count). The Labute approximate surface area is 130 Å². The number of rotatable bonds is 6. The minimum Gasteiger partial charge on any atom is -0.478 e. The minimum atomic E-state index is 0.167. The topological polar surface area (TPSA) is 21.6 Å². The molecular formula is C19H31NO. The van der Waals surface area contributed by atoms with Crippen LogP contribution in [-0.4, -0.2) is 12.0 Å². The first-order valence-corrected chi connectivity index (χ1v) is 8.31. The summed E-state index contributed by atoms with van der Waals surface area (Å²) in [7, 11) is 0. The second-order valence-corrected chi connectivity index (χ2v) is 6.06. The quantitative estimate of drug-likeness (QED) is 0.350. The number of allylic oxidation sites excluding steroid dienone is 4. The molecule has 1 aliphatic rings. The molecule has 0 N–H and O–H groups in total. The lowest BCUT2D eigenvalue weighted by Gasteiger charge is -2.29. The van der Waals surface area contributed by atoms with Gasteiger partial charge in [-0.15, -0.1) is 0 Å². The molecule has 1 fully saturated rings.